The maximum atomic E-state index is 13.1. The molecule has 2 atom stereocenters. The fraction of sp³-hybridized carbons (Fsp3) is 0.429. The van der Waals surface area contributed by atoms with Crippen LogP contribution in [0.4, 0.5) is 4.39 Å². The summed E-state index contributed by atoms with van der Waals surface area (Å²) in [5, 5.41) is 20.2. The number of aliphatic hydroxyl groups is 2. The number of thiophene rings is 1. The molecule has 0 radical (unpaired) electrons. The molecule has 2 aromatic rings. The first kappa shape index (κ1) is 19.1. The van der Waals surface area contributed by atoms with Crippen LogP contribution < -0.4 is 0 Å². The zero-order valence-corrected chi connectivity index (χ0v) is 15.9. The first-order valence-corrected chi connectivity index (χ1v) is 9.62. The Bertz CT molecular complexity index is 798. The second kappa shape index (κ2) is 7.89. The third-order valence-corrected chi connectivity index (χ3v) is 5.48. The number of halogens is 1. The fourth-order valence-electron chi connectivity index (χ4n) is 3.20. The van der Waals surface area contributed by atoms with Gasteiger partial charge in [-0.05, 0) is 56.6 Å². The average Bonchev–Trinajstić information content (AvgIpc) is 3.01. The van der Waals surface area contributed by atoms with Crippen LogP contribution in [0.3, 0.4) is 0 Å². The van der Waals surface area contributed by atoms with Crippen LogP contribution in [0.5, 0.6) is 0 Å². The van der Waals surface area contributed by atoms with Crippen LogP contribution >= 0.6 is 11.3 Å². The Kier molecular flexibility index (Phi) is 5.79. The standard InChI is InChI=1S/C21H24FNO2S/c1-21(2,25)11-9-17-7-8-18(26-17)13-23-12-10-19(20(24)14-23)15-3-5-16(22)6-4-15/h3-8,19-20,24-25H,10,12-14H2,1-2H3/t19-,20+/m0/s1. The number of aliphatic hydroxyl groups excluding tert-OH is 1. The van der Waals surface area contributed by atoms with Crippen LogP contribution in [0.2, 0.25) is 0 Å². The summed E-state index contributed by atoms with van der Waals surface area (Å²) in [6.45, 7) is 5.61. The summed E-state index contributed by atoms with van der Waals surface area (Å²) in [5.41, 5.74) is 0.00935. The molecule has 2 N–H and O–H groups in total. The minimum Gasteiger partial charge on any atom is -0.391 e. The number of benzene rings is 1. The van der Waals surface area contributed by atoms with Gasteiger partial charge in [0.25, 0.3) is 0 Å². The second-order valence-electron chi connectivity index (χ2n) is 7.32. The smallest absolute Gasteiger partial charge is 0.123 e. The molecule has 3 nitrogen and oxygen atoms in total. The number of β-amino-alcohol motifs (C(OH)–C–C–N with tert-alkyl or cyclic N) is 1. The van der Waals surface area contributed by atoms with Gasteiger partial charge in [-0.1, -0.05) is 24.0 Å². The van der Waals surface area contributed by atoms with Gasteiger partial charge < -0.3 is 10.2 Å². The zero-order valence-electron chi connectivity index (χ0n) is 15.1. The van der Waals surface area contributed by atoms with Gasteiger partial charge in [-0.25, -0.2) is 4.39 Å². The van der Waals surface area contributed by atoms with Crippen molar-refractivity contribution in [1.29, 1.82) is 0 Å². The largest absolute Gasteiger partial charge is 0.391 e. The summed E-state index contributed by atoms with van der Waals surface area (Å²) in [6.07, 6.45) is 0.396. The maximum Gasteiger partial charge on any atom is 0.123 e. The van der Waals surface area contributed by atoms with Crippen LogP contribution in [-0.2, 0) is 6.54 Å². The van der Waals surface area contributed by atoms with Crippen molar-refractivity contribution in [2.45, 2.75) is 44.4 Å². The quantitative estimate of drug-likeness (QED) is 0.811. The summed E-state index contributed by atoms with van der Waals surface area (Å²) in [7, 11) is 0. The molecule has 1 saturated heterocycles. The lowest BCUT2D eigenvalue weighted by molar-refractivity contribution is 0.0481. The molecule has 0 spiro atoms. The summed E-state index contributed by atoms with van der Waals surface area (Å²) in [5.74, 6) is 5.64. The van der Waals surface area contributed by atoms with Crippen molar-refractivity contribution in [3.8, 4) is 11.8 Å². The van der Waals surface area contributed by atoms with Crippen LogP contribution in [0, 0.1) is 17.7 Å². The van der Waals surface area contributed by atoms with Crippen molar-refractivity contribution < 1.29 is 14.6 Å². The number of likely N-dealkylation sites (tertiary alicyclic amines) is 1. The molecule has 1 aromatic heterocycles. The number of piperidine rings is 1. The van der Waals surface area contributed by atoms with Crippen molar-refractivity contribution in [3.63, 3.8) is 0 Å². The van der Waals surface area contributed by atoms with E-state index >= 15 is 0 Å². The van der Waals surface area contributed by atoms with Crippen molar-refractivity contribution >= 4 is 11.3 Å². The van der Waals surface area contributed by atoms with E-state index < -0.39 is 11.7 Å². The summed E-state index contributed by atoms with van der Waals surface area (Å²) in [4.78, 5) is 4.37. The highest BCUT2D eigenvalue weighted by molar-refractivity contribution is 7.12. The van der Waals surface area contributed by atoms with Gasteiger partial charge in [0.05, 0.1) is 11.0 Å². The van der Waals surface area contributed by atoms with Crippen molar-refractivity contribution in [3.05, 3.63) is 57.5 Å². The highest BCUT2D eigenvalue weighted by Crippen LogP contribution is 2.30. The Morgan fingerprint density at radius 3 is 2.62 bits per heavy atom. The monoisotopic (exact) mass is 373 g/mol. The molecule has 0 amide bonds. The summed E-state index contributed by atoms with van der Waals surface area (Å²) in [6, 6.07) is 10.5. The zero-order chi connectivity index (χ0) is 18.7. The molecule has 1 aromatic carbocycles. The summed E-state index contributed by atoms with van der Waals surface area (Å²) >= 11 is 1.62. The molecule has 26 heavy (non-hydrogen) atoms. The molecule has 0 bridgehead atoms. The minimum atomic E-state index is -0.990. The minimum absolute atomic E-state index is 0.0587. The van der Waals surface area contributed by atoms with Crippen molar-refractivity contribution in [2.75, 3.05) is 13.1 Å². The number of hydrogen-bond acceptors (Lipinski definition) is 4. The molecule has 1 fully saturated rings. The highest BCUT2D eigenvalue weighted by Gasteiger charge is 2.29. The number of nitrogens with zero attached hydrogens (tertiary/aromatic N) is 1. The topological polar surface area (TPSA) is 43.7 Å². The van der Waals surface area contributed by atoms with E-state index in [0.717, 1.165) is 30.0 Å². The lowest BCUT2D eigenvalue weighted by Gasteiger charge is -2.36. The van der Waals surface area contributed by atoms with Gasteiger partial charge in [-0.2, -0.15) is 0 Å². The van der Waals surface area contributed by atoms with E-state index in [0.29, 0.717) is 6.54 Å². The average molecular weight is 373 g/mol. The van der Waals surface area contributed by atoms with Gasteiger partial charge >= 0.3 is 0 Å². The maximum absolute atomic E-state index is 13.1. The third kappa shape index (κ3) is 5.15. The molecule has 0 aliphatic carbocycles. The number of hydrogen-bond donors (Lipinski definition) is 2. The van der Waals surface area contributed by atoms with E-state index in [1.165, 1.54) is 17.0 Å². The Morgan fingerprint density at radius 2 is 1.96 bits per heavy atom. The molecular weight excluding hydrogens is 349 g/mol. The van der Waals surface area contributed by atoms with Gasteiger partial charge in [0.1, 0.15) is 11.4 Å². The van der Waals surface area contributed by atoms with E-state index in [1.54, 1.807) is 37.3 Å². The van der Waals surface area contributed by atoms with Gasteiger partial charge in [0.15, 0.2) is 0 Å². The predicted molar refractivity (Wildman–Crippen MR) is 103 cm³/mol. The predicted octanol–water partition coefficient (Wildman–Crippen LogP) is 3.36. The van der Waals surface area contributed by atoms with Gasteiger partial charge in [-0.15, -0.1) is 11.3 Å². The summed E-state index contributed by atoms with van der Waals surface area (Å²) < 4.78 is 13.1. The highest BCUT2D eigenvalue weighted by atomic mass is 32.1. The first-order valence-electron chi connectivity index (χ1n) is 8.80. The second-order valence-corrected chi connectivity index (χ2v) is 8.49. The Morgan fingerprint density at radius 1 is 1.23 bits per heavy atom. The molecule has 1 aliphatic rings. The van der Waals surface area contributed by atoms with Crippen LogP contribution in [0.25, 0.3) is 0 Å². The van der Waals surface area contributed by atoms with Gasteiger partial charge in [0, 0.05) is 23.9 Å². The number of rotatable bonds is 3. The van der Waals surface area contributed by atoms with Crippen LogP contribution in [0.15, 0.2) is 36.4 Å². The van der Waals surface area contributed by atoms with Crippen LogP contribution in [0.1, 0.15) is 41.5 Å². The molecular formula is C21H24FNO2S. The van der Waals surface area contributed by atoms with Crippen molar-refractivity contribution in [2.24, 2.45) is 0 Å². The SMILES string of the molecule is CC(C)(O)C#Cc1ccc(CN2CC[C@@H](c3ccc(F)cc3)[C@H](O)C2)s1. The van der Waals surface area contributed by atoms with E-state index in [1.807, 2.05) is 6.07 Å². The van der Waals surface area contributed by atoms with Gasteiger partial charge in [0.2, 0.25) is 0 Å². The van der Waals surface area contributed by atoms with E-state index in [4.69, 9.17) is 0 Å². The fourth-order valence-corrected chi connectivity index (χ4v) is 4.11. The lowest BCUT2D eigenvalue weighted by atomic mass is 9.87. The van der Waals surface area contributed by atoms with Gasteiger partial charge in [-0.3, -0.25) is 4.90 Å². The van der Waals surface area contributed by atoms with E-state index in [2.05, 4.69) is 22.8 Å². The lowest BCUT2D eigenvalue weighted by Crippen LogP contribution is -2.42. The van der Waals surface area contributed by atoms with Crippen molar-refractivity contribution in [1.82, 2.24) is 4.90 Å². The molecule has 5 heteroatoms. The Labute approximate surface area is 158 Å². The van der Waals surface area contributed by atoms with E-state index in [-0.39, 0.29) is 11.7 Å². The molecule has 2 heterocycles. The molecule has 1 aliphatic heterocycles. The molecule has 138 valence electrons. The first-order chi connectivity index (χ1) is 12.3. The molecule has 0 saturated carbocycles. The van der Waals surface area contributed by atoms with E-state index in [9.17, 15) is 14.6 Å². The normalized spacial score (nSPS) is 21.3. The third-order valence-electron chi connectivity index (χ3n) is 4.50. The molecule has 0 unspecified atom stereocenters. The van der Waals surface area contributed by atoms with Crippen LogP contribution in [-0.4, -0.2) is 39.9 Å². The Balaban J connectivity index is 1.59. The Hall–Kier alpha value is -1.71. The molecule has 3 rings (SSSR count).